The predicted octanol–water partition coefficient (Wildman–Crippen LogP) is 2.71. The van der Waals surface area contributed by atoms with Gasteiger partial charge < -0.3 is 9.64 Å². The largest absolute Gasteiger partial charge is 0.383 e. The number of hydrogen-bond acceptors (Lipinski definition) is 4. The number of ether oxygens (including phenoxy) is 1. The Morgan fingerprint density at radius 3 is 2.29 bits per heavy atom. The lowest BCUT2D eigenvalue weighted by Gasteiger charge is -2.34. The Labute approximate surface area is 165 Å². The first-order valence-corrected chi connectivity index (χ1v) is 10.8. The lowest BCUT2D eigenvalue weighted by molar-refractivity contribution is 0.0478. The van der Waals surface area contributed by atoms with Crippen molar-refractivity contribution in [1.82, 2.24) is 9.21 Å². The number of piperidine rings is 1. The van der Waals surface area contributed by atoms with Crippen LogP contribution in [0.3, 0.4) is 0 Å². The van der Waals surface area contributed by atoms with Gasteiger partial charge >= 0.3 is 0 Å². The van der Waals surface area contributed by atoms with Gasteiger partial charge in [-0.05, 0) is 42.5 Å². The molecule has 1 aliphatic rings. The summed E-state index contributed by atoms with van der Waals surface area (Å²) in [7, 11) is -2.23. The number of sulfonamides is 1. The molecule has 0 bridgehead atoms. The molecule has 6 nitrogen and oxygen atoms in total. The van der Waals surface area contributed by atoms with Gasteiger partial charge in [0.15, 0.2) is 0 Å². The molecule has 28 heavy (non-hydrogen) atoms. The van der Waals surface area contributed by atoms with E-state index in [-0.39, 0.29) is 35.4 Å². The minimum absolute atomic E-state index is 0.0310. The van der Waals surface area contributed by atoms with E-state index in [1.165, 1.54) is 35.7 Å². The lowest BCUT2D eigenvalue weighted by Crippen LogP contribution is -2.42. The molecule has 2 unspecified atom stereocenters. The SMILES string of the molecule is COCCN(CC(F)F)C(=O)c1ccc(S(=O)(=O)N2CC(C)CC(C)C2)cc1. The zero-order valence-electron chi connectivity index (χ0n) is 16.5. The van der Waals surface area contributed by atoms with Crippen molar-refractivity contribution < 1.29 is 26.7 Å². The molecule has 1 aromatic rings. The van der Waals surface area contributed by atoms with Gasteiger partial charge in [-0.1, -0.05) is 13.8 Å². The number of benzene rings is 1. The van der Waals surface area contributed by atoms with Gasteiger partial charge in [0.05, 0.1) is 18.0 Å². The zero-order chi connectivity index (χ0) is 20.9. The molecule has 0 radical (unpaired) electrons. The van der Waals surface area contributed by atoms with E-state index >= 15 is 0 Å². The zero-order valence-corrected chi connectivity index (χ0v) is 17.3. The van der Waals surface area contributed by atoms with E-state index in [0.29, 0.717) is 13.1 Å². The second kappa shape index (κ2) is 9.76. The monoisotopic (exact) mass is 418 g/mol. The molecule has 158 valence electrons. The van der Waals surface area contributed by atoms with Gasteiger partial charge in [0.2, 0.25) is 10.0 Å². The summed E-state index contributed by atoms with van der Waals surface area (Å²) in [5, 5.41) is 0. The number of methoxy groups -OCH3 is 1. The summed E-state index contributed by atoms with van der Waals surface area (Å²) in [5.41, 5.74) is 0.163. The summed E-state index contributed by atoms with van der Waals surface area (Å²) < 4.78 is 57.6. The first-order valence-electron chi connectivity index (χ1n) is 9.31. The van der Waals surface area contributed by atoms with Crippen LogP contribution in [0.15, 0.2) is 29.2 Å². The van der Waals surface area contributed by atoms with Gasteiger partial charge in [0, 0.05) is 32.3 Å². The minimum atomic E-state index is -3.66. The molecule has 0 aromatic heterocycles. The summed E-state index contributed by atoms with van der Waals surface area (Å²) in [6.07, 6.45) is -1.68. The highest BCUT2D eigenvalue weighted by Gasteiger charge is 2.31. The van der Waals surface area contributed by atoms with Crippen molar-refractivity contribution in [3.8, 4) is 0 Å². The van der Waals surface area contributed by atoms with Crippen LogP contribution in [0.5, 0.6) is 0 Å². The fourth-order valence-corrected chi connectivity index (χ4v) is 5.23. The molecule has 2 atom stereocenters. The maximum Gasteiger partial charge on any atom is 0.255 e. The van der Waals surface area contributed by atoms with Gasteiger partial charge in [-0.25, -0.2) is 17.2 Å². The van der Waals surface area contributed by atoms with Crippen molar-refractivity contribution in [2.45, 2.75) is 31.6 Å². The van der Waals surface area contributed by atoms with Crippen LogP contribution in [0.4, 0.5) is 8.78 Å². The quantitative estimate of drug-likeness (QED) is 0.651. The molecule has 0 spiro atoms. The third-order valence-electron chi connectivity index (χ3n) is 4.79. The number of amides is 1. The molecule has 1 saturated heterocycles. The Morgan fingerprint density at radius 2 is 1.79 bits per heavy atom. The highest BCUT2D eigenvalue weighted by molar-refractivity contribution is 7.89. The number of nitrogens with zero attached hydrogens (tertiary/aromatic N) is 2. The Kier molecular flexibility index (Phi) is 7.91. The van der Waals surface area contributed by atoms with E-state index in [4.69, 9.17) is 4.74 Å². The van der Waals surface area contributed by atoms with Crippen LogP contribution >= 0.6 is 0 Å². The number of hydrogen-bond donors (Lipinski definition) is 0. The fourth-order valence-electron chi connectivity index (χ4n) is 3.55. The number of carbonyl (C=O) groups is 1. The highest BCUT2D eigenvalue weighted by Crippen LogP contribution is 2.27. The second-order valence-corrected chi connectivity index (χ2v) is 9.37. The molecule has 1 amide bonds. The number of rotatable bonds is 8. The van der Waals surface area contributed by atoms with Crippen molar-refractivity contribution in [2.75, 3.05) is 39.9 Å². The van der Waals surface area contributed by atoms with E-state index in [9.17, 15) is 22.0 Å². The average Bonchev–Trinajstić information content (AvgIpc) is 2.63. The normalized spacial score (nSPS) is 21.1. The molecule has 1 fully saturated rings. The van der Waals surface area contributed by atoms with Gasteiger partial charge in [-0.15, -0.1) is 0 Å². The maximum absolute atomic E-state index is 12.9. The fraction of sp³-hybridized carbons (Fsp3) is 0.632. The topological polar surface area (TPSA) is 66.9 Å². The standard InChI is InChI=1S/C19H28F2N2O4S/c1-14-10-15(2)12-23(11-14)28(25,26)17-6-4-16(5-7-17)19(24)22(8-9-27-3)13-18(20)21/h4-7,14-15,18H,8-13H2,1-3H3. The third kappa shape index (κ3) is 5.71. The Bertz CT molecular complexity index is 746. The van der Waals surface area contributed by atoms with Crippen molar-refractivity contribution in [3.05, 3.63) is 29.8 Å². The van der Waals surface area contributed by atoms with E-state index in [0.717, 1.165) is 11.3 Å². The maximum atomic E-state index is 12.9. The van der Waals surface area contributed by atoms with Crippen molar-refractivity contribution in [1.29, 1.82) is 0 Å². The summed E-state index contributed by atoms with van der Waals surface area (Å²) in [6, 6.07) is 5.47. The van der Waals surface area contributed by atoms with Crippen molar-refractivity contribution >= 4 is 15.9 Å². The summed E-state index contributed by atoms with van der Waals surface area (Å²) >= 11 is 0. The first-order chi connectivity index (χ1) is 13.1. The van der Waals surface area contributed by atoms with Gasteiger partial charge in [0.25, 0.3) is 12.3 Å². The number of carbonyl (C=O) groups excluding carboxylic acids is 1. The Morgan fingerprint density at radius 1 is 1.21 bits per heavy atom. The molecule has 2 rings (SSSR count). The third-order valence-corrected chi connectivity index (χ3v) is 6.63. The molecular formula is C19H28F2N2O4S. The molecule has 0 aliphatic carbocycles. The van der Waals surface area contributed by atoms with E-state index in [2.05, 4.69) is 0 Å². The second-order valence-electron chi connectivity index (χ2n) is 7.43. The average molecular weight is 419 g/mol. The van der Waals surface area contributed by atoms with E-state index < -0.39 is 28.9 Å². The van der Waals surface area contributed by atoms with E-state index in [1.54, 1.807) is 0 Å². The predicted molar refractivity (Wildman–Crippen MR) is 102 cm³/mol. The number of halogens is 2. The van der Waals surface area contributed by atoms with Gasteiger partial charge in [0.1, 0.15) is 0 Å². The van der Waals surface area contributed by atoms with Crippen LogP contribution in [-0.2, 0) is 14.8 Å². The molecule has 1 heterocycles. The van der Waals surface area contributed by atoms with Crippen LogP contribution in [-0.4, -0.2) is 69.9 Å². The van der Waals surface area contributed by atoms with Crippen molar-refractivity contribution in [3.63, 3.8) is 0 Å². The van der Waals surface area contributed by atoms with Crippen molar-refractivity contribution in [2.24, 2.45) is 11.8 Å². The molecule has 0 saturated carbocycles. The van der Waals surface area contributed by atoms with Crippen LogP contribution in [0, 0.1) is 11.8 Å². The first kappa shape index (κ1) is 22.7. The number of alkyl halides is 2. The van der Waals surface area contributed by atoms with Crippen LogP contribution in [0.2, 0.25) is 0 Å². The summed E-state index contributed by atoms with van der Waals surface area (Å²) in [4.78, 5) is 13.6. The van der Waals surface area contributed by atoms with Gasteiger partial charge in [-0.2, -0.15) is 4.31 Å². The molecule has 1 aliphatic heterocycles. The molecular weight excluding hydrogens is 390 g/mol. The molecule has 9 heteroatoms. The Balaban J connectivity index is 2.18. The Hall–Kier alpha value is -1.58. The summed E-state index contributed by atoms with van der Waals surface area (Å²) in [5.74, 6) is -0.0207. The smallest absolute Gasteiger partial charge is 0.255 e. The van der Waals surface area contributed by atoms with Crippen LogP contribution in [0.1, 0.15) is 30.6 Å². The highest BCUT2D eigenvalue weighted by atomic mass is 32.2. The van der Waals surface area contributed by atoms with E-state index in [1.807, 2.05) is 13.8 Å². The van der Waals surface area contributed by atoms with Crippen LogP contribution in [0.25, 0.3) is 0 Å². The van der Waals surface area contributed by atoms with Gasteiger partial charge in [-0.3, -0.25) is 4.79 Å². The minimum Gasteiger partial charge on any atom is -0.383 e. The molecule has 1 aromatic carbocycles. The lowest BCUT2D eigenvalue weighted by atomic mass is 9.94. The van der Waals surface area contributed by atoms with Crippen LogP contribution < -0.4 is 0 Å². The summed E-state index contributed by atoms with van der Waals surface area (Å²) in [6.45, 7) is 4.44. The molecule has 0 N–H and O–H groups in total.